The molecule has 0 bridgehead atoms. The maximum Gasteiger partial charge on any atom is 0.160 e. The van der Waals surface area contributed by atoms with Crippen molar-refractivity contribution in [1.82, 2.24) is 0 Å². The standard InChI is InChI=1S/C18H12O/c1-11(19)12-9-10-17-14-6-3-2-5-13(14)16-8-4-7-15(12)18(16)17/h2-10H,1H3. The first kappa shape index (κ1) is 10.5. The molecule has 0 aliphatic heterocycles. The molecule has 0 saturated heterocycles. The summed E-state index contributed by atoms with van der Waals surface area (Å²) in [4.78, 5) is 11.8. The minimum absolute atomic E-state index is 0.125. The first-order chi connectivity index (χ1) is 9.27. The molecule has 90 valence electrons. The summed E-state index contributed by atoms with van der Waals surface area (Å²) in [5.41, 5.74) is 5.83. The van der Waals surface area contributed by atoms with Crippen molar-refractivity contribution in [2.45, 2.75) is 6.92 Å². The normalized spacial score (nSPS) is 11.6. The molecule has 0 saturated carbocycles. The Balaban J connectivity index is 2.23. The second kappa shape index (κ2) is 3.55. The predicted octanol–water partition coefficient (Wildman–Crippen LogP) is 4.69. The molecule has 1 heteroatoms. The number of carbonyl (C=O) groups is 1. The molecule has 0 fully saturated rings. The van der Waals surface area contributed by atoms with Crippen molar-refractivity contribution in [2.24, 2.45) is 0 Å². The van der Waals surface area contributed by atoms with E-state index in [4.69, 9.17) is 0 Å². The summed E-state index contributed by atoms with van der Waals surface area (Å²) >= 11 is 0. The molecular weight excluding hydrogens is 232 g/mol. The highest BCUT2D eigenvalue weighted by Gasteiger charge is 2.22. The Morgan fingerprint density at radius 2 is 1.37 bits per heavy atom. The van der Waals surface area contributed by atoms with Crippen LogP contribution in [0.3, 0.4) is 0 Å². The molecule has 0 N–H and O–H groups in total. The minimum Gasteiger partial charge on any atom is -0.294 e. The van der Waals surface area contributed by atoms with E-state index in [1.807, 2.05) is 18.2 Å². The molecule has 3 aromatic rings. The van der Waals surface area contributed by atoms with Crippen LogP contribution in [0.4, 0.5) is 0 Å². The summed E-state index contributed by atoms with van der Waals surface area (Å²) < 4.78 is 0. The quantitative estimate of drug-likeness (QED) is 0.444. The molecule has 1 aliphatic carbocycles. The van der Waals surface area contributed by atoms with E-state index in [9.17, 15) is 4.79 Å². The largest absolute Gasteiger partial charge is 0.294 e. The number of hydrogen-bond donors (Lipinski definition) is 0. The van der Waals surface area contributed by atoms with Crippen molar-refractivity contribution in [1.29, 1.82) is 0 Å². The zero-order chi connectivity index (χ0) is 13.0. The number of Topliss-reactive ketones (excluding diaryl/α,β-unsaturated/α-hetero) is 1. The molecule has 0 atom stereocenters. The third-order valence-corrected chi connectivity index (χ3v) is 3.93. The molecule has 0 unspecified atom stereocenters. The van der Waals surface area contributed by atoms with E-state index < -0.39 is 0 Å². The zero-order valence-corrected chi connectivity index (χ0v) is 10.6. The van der Waals surface area contributed by atoms with Crippen molar-refractivity contribution in [3.05, 3.63) is 60.2 Å². The fourth-order valence-electron chi connectivity index (χ4n) is 3.12. The number of fused-ring (bicyclic) bond motifs is 3. The monoisotopic (exact) mass is 244 g/mol. The van der Waals surface area contributed by atoms with Crippen LogP contribution in [0.1, 0.15) is 17.3 Å². The maximum atomic E-state index is 11.8. The van der Waals surface area contributed by atoms with Crippen LogP contribution in [0.15, 0.2) is 54.6 Å². The lowest BCUT2D eigenvalue weighted by Gasteiger charge is -2.06. The van der Waals surface area contributed by atoms with Gasteiger partial charge in [0.05, 0.1) is 0 Å². The van der Waals surface area contributed by atoms with Crippen molar-refractivity contribution < 1.29 is 4.79 Å². The van der Waals surface area contributed by atoms with Gasteiger partial charge in [0.1, 0.15) is 0 Å². The average molecular weight is 244 g/mol. The first-order valence-corrected chi connectivity index (χ1v) is 6.44. The van der Waals surface area contributed by atoms with Crippen LogP contribution >= 0.6 is 0 Å². The Morgan fingerprint density at radius 3 is 2.05 bits per heavy atom. The van der Waals surface area contributed by atoms with Gasteiger partial charge in [-0.1, -0.05) is 54.6 Å². The molecule has 1 aliphatic rings. The fraction of sp³-hybridized carbons (Fsp3) is 0.0556. The topological polar surface area (TPSA) is 17.1 Å². The van der Waals surface area contributed by atoms with E-state index in [2.05, 4.69) is 36.4 Å². The fourth-order valence-corrected chi connectivity index (χ4v) is 3.12. The van der Waals surface area contributed by atoms with Gasteiger partial charge in [-0.2, -0.15) is 0 Å². The molecule has 0 amide bonds. The first-order valence-electron chi connectivity index (χ1n) is 6.44. The van der Waals surface area contributed by atoms with E-state index in [1.165, 1.54) is 27.6 Å². The SMILES string of the molecule is CC(=O)c1ccc2c3c(cccc13)-c1ccccc1-2. The van der Waals surface area contributed by atoms with E-state index in [-0.39, 0.29) is 5.78 Å². The molecule has 0 aromatic heterocycles. The van der Waals surface area contributed by atoms with Crippen molar-refractivity contribution in [3.63, 3.8) is 0 Å². The second-order valence-corrected chi connectivity index (χ2v) is 4.99. The van der Waals surface area contributed by atoms with Gasteiger partial charge in [0.15, 0.2) is 5.78 Å². The maximum absolute atomic E-state index is 11.8. The number of carbonyl (C=O) groups excluding carboxylic acids is 1. The average Bonchev–Trinajstić information content (AvgIpc) is 2.76. The van der Waals surface area contributed by atoms with Gasteiger partial charge >= 0.3 is 0 Å². The third kappa shape index (κ3) is 1.27. The van der Waals surface area contributed by atoms with Gasteiger partial charge < -0.3 is 0 Å². The third-order valence-electron chi connectivity index (χ3n) is 3.93. The Morgan fingerprint density at radius 1 is 0.737 bits per heavy atom. The molecular formula is C18H12O. The summed E-state index contributed by atoms with van der Waals surface area (Å²) in [6, 6.07) is 18.7. The summed E-state index contributed by atoms with van der Waals surface area (Å²) in [6.45, 7) is 1.63. The Bertz CT molecular complexity index is 814. The highest BCUT2D eigenvalue weighted by molar-refractivity contribution is 6.20. The lowest BCUT2D eigenvalue weighted by Crippen LogP contribution is -1.93. The van der Waals surface area contributed by atoms with Crippen LogP contribution in [0.2, 0.25) is 0 Å². The highest BCUT2D eigenvalue weighted by atomic mass is 16.1. The Kier molecular flexibility index (Phi) is 1.96. The number of benzene rings is 3. The molecule has 3 aromatic carbocycles. The van der Waals surface area contributed by atoms with Crippen LogP contribution in [0.5, 0.6) is 0 Å². The zero-order valence-electron chi connectivity index (χ0n) is 10.6. The molecule has 0 heterocycles. The van der Waals surface area contributed by atoms with E-state index >= 15 is 0 Å². The minimum atomic E-state index is 0.125. The van der Waals surface area contributed by atoms with Gasteiger partial charge in [-0.3, -0.25) is 4.79 Å². The van der Waals surface area contributed by atoms with Gasteiger partial charge in [0, 0.05) is 5.56 Å². The van der Waals surface area contributed by atoms with Gasteiger partial charge in [-0.25, -0.2) is 0 Å². The summed E-state index contributed by atoms with van der Waals surface area (Å²) in [7, 11) is 0. The molecule has 19 heavy (non-hydrogen) atoms. The lowest BCUT2D eigenvalue weighted by molar-refractivity contribution is 0.101. The van der Waals surface area contributed by atoms with Gasteiger partial charge in [0.25, 0.3) is 0 Å². The highest BCUT2D eigenvalue weighted by Crippen LogP contribution is 2.47. The van der Waals surface area contributed by atoms with Crippen LogP contribution in [-0.4, -0.2) is 5.78 Å². The van der Waals surface area contributed by atoms with Crippen molar-refractivity contribution in [3.8, 4) is 22.3 Å². The Labute approximate surface area is 111 Å². The molecule has 0 spiro atoms. The number of hydrogen-bond acceptors (Lipinski definition) is 1. The van der Waals surface area contributed by atoms with Crippen LogP contribution in [-0.2, 0) is 0 Å². The second-order valence-electron chi connectivity index (χ2n) is 4.99. The summed E-state index contributed by atoms with van der Waals surface area (Å²) in [5, 5.41) is 2.29. The molecule has 1 nitrogen and oxygen atoms in total. The van der Waals surface area contributed by atoms with Crippen LogP contribution in [0, 0.1) is 0 Å². The number of ketones is 1. The van der Waals surface area contributed by atoms with E-state index in [1.54, 1.807) is 6.92 Å². The summed E-state index contributed by atoms with van der Waals surface area (Å²) in [6.07, 6.45) is 0. The van der Waals surface area contributed by atoms with Crippen molar-refractivity contribution >= 4 is 16.6 Å². The predicted molar refractivity (Wildman–Crippen MR) is 78.4 cm³/mol. The smallest absolute Gasteiger partial charge is 0.160 e. The van der Waals surface area contributed by atoms with E-state index in [0.29, 0.717) is 0 Å². The van der Waals surface area contributed by atoms with Gasteiger partial charge in [-0.15, -0.1) is 0 Å². The lowest BCUT2D eigenvalue weighted by atomic mass is 9.97. The van der Waals surface area contributed by atoms with Gasteiger partial charge in [0.2, 0.25) is 0 Å². The van der Waals surface area contributed by atoms with Crippen LogP contribution < -0.4 is 0 Å². The van der Waals surface area contributed by atoms with Crippen LogP contribution in [0.25, 0.3) is 33.0 Å². The van der Waals surface area contributed by atoms with E-state index in [0.717, 1.165) is 10.9 Å². The molecule has 0 radical (unpaired) electrons. The van der Waals surface area contributed by atoms with Crippen molar-refractivity contribution in [2.75, 3.05) is 0 Å². The number of rotatable bonds is 1. The molecule has 4 rings (SSSR count). The Hall–Kier alpha value is -2.41. The van der Waals surface area contributed by atoms with Gasteiger partial charge in [-0.05, 0) is 39.9 Å². The summed E-state index contributed by atoms with van der Waals surface area (Å²) in [5.74, 6) is 0.125.